The maximum absolute atomic E-state index is 12.5. The Hall–Kier alpha value is -1.78. The second-order valence-corrected chi connectivity index (χ2v) is 10.1. The Labute approximate surface area is 166 Å². The van der Waals surface area contributed by atoms with Gasteiger partial charge in [0.05, 0.1) is 15.9 Å². The highest BCUT2D eigenvalue weighted by Crippen LogP contribution is 2.27. The predicted molar refractivity (Wildman–Crippen MR) is 104 cm³/mol. The number of hydrogen-bond acceptors (Lipinski definition) is 7. The first-order chi connectivity index (χ1) is 13.1. The molecule has 7 nitrogen and oxygen atoms in total. The minimum atomic E-state index is -3.96. The Bertz CT molecular complexity index is 1030. The van der Waals surface area contributed by atoms with Crippen molar-refractivity contribution in [3.8, 4) is 0 Å². The number of nitrogens with zero attached hydrogens (tertiary/aromatic N) is 1. The molecule has 0 N–H and O–H groups in total. The van der Waals surface area contributed by atoms with E-state index in [1.165, 1.54) is 24.3 Å². The quantitative estimate of drug-likeness (QED) is 0.657. The van der Waals surface area contributed by atoms with E-state index in [2.05, 4.69) is 0 Å². The van der Waals surface area contributed by atoms with Gasteiger partial charge in [0.2, 0.25) is 0 Å². The van der Waals surface area contributed by atoms with Gasteiger partial charge in [-0.1, -0.05) is 35.4 Å². The van der Waals surface area contributed by atoms with E-state index in [4.69, 9.17) is 8.37 Å². The SMILES string of the molecule is Cc1ccc(S(=O)(=O)OC2CC(OS(=O)(=O)c3ccc(C)cc3)N(C)C2)cc1. The second-order valence-electron chi connectivity index (χ2n) is 6.98. The van der Waals surface area contributed by atoms with Gasteiger partial charge in [-0.15, -0.1) is 0 Å². The standard InChI is InChI=1S/C19H23NO6S2/c1-14-4-8-17(9-5-14)27(21,22)25-16-12-19(20(3)13-16)26-28(23,24)18-10-6-15(2)7-11-18/h4-11,16,19H,12-13H2,1-3H3. The van der Waals surface area contributed by atoms with Crippen LogP contribution in [-0.2, 0) is 28.6 Å². The largest absolute Gasteiger partial charge is 0.298 e. The van der Waals surface area contributed by atoms with Crippen molar-refractivity contribution in [2.75, 3.05) is 13.6 Å². The van der Waals surface area contributed by atoms with Gasteiger partial charge < -0.3 is 0 Å². The van der Waals surface area contributed by atoms with Crippen LogP contribution < -0.4 is 0 Å². The molecule has 2 aromatic rings. The molecule has 0 amide bonds. The van der Waals surface area contributed by atoms with E-state index in [-0.39, 0.29) is 22.8 Å². The Morgan fingerprint density at radius 3 is 1.68 bits per heavy atom. The van der Waals surface area contributed by atoms with Crippen LogP contribution in [0, 0.1) is 13.8 Å². The van der Waals surface area contributed by atoms with Gasteiger partial charge in [0, 0.05) is 13.0 Å². The molecule has 9 heteroatoms. The highest BCUT2D eigenvalue weighted by molar-refractivity contribution is 7.87. The van der Waals surface area contributed by atoms with Crippen molar-refractivity contribution >= 4 is 20.2 Å². The average Bonchev–Trinajstić information content (AvgIpc) is 2.93. The molecule has 0 aliphatic carbocycles. The molecule has 3 rings (SSSR count). The maximum Gasteiger partial charge on any atom is 0.298 e. The number of aryl methyl sites for hydroxylation is 2. The minimum absolute atomic E-state index is 0.0585. The van der Waals surface area contributed by atoms with Crippen molar-refractivity contribution < 1.29 is 25.2 Å². The number of likely N-dealkylation sites (tertiary alicyclic amines) is 1. The lowest BCUT2D eigenvalue weighted by molar-refractivity contribution is 0.0874. The van der Waals surface area contributed by atoms with Crippen molar-refractivity contribution in [3.63, 3.8) is 0 Å². The number of benzene rings is 2. The summed E-state index contributed by atoms with van der Waals surface area (Å²) in [5, 5.41) is 0. The Kier molecular flexibility index (Phi) is 5.92. The zero-order valence-electron chi connectivity index (χ0n) is 15.9. The van der Waals surface area contributed by atoms with Gasteiger partial charge in [-0.2, -0.15) is 16.8 Å². The lowest BCUT2D eigenvalue weighted by Gasteiger charge is -2.18. The molecule has 2 aromatic carbocycles. The van der Waals surface area contributed by atoms with Crippen LogP contribution in [0.25, 0.3) is 0 Å². The summed E-state index contributed by atoms with van der Waals surface area (Å²) in [6.07, 6.45) is -1.38. The molecular weight excluding hydrogens is 402 g/mol. The fraction of sp³-hybridized carbons (Fsp3) is 0.368. The molecule has 1 aliphatic rings. The third-order valence-electron chi connectivity index (χ3n) is 4.57. The minimum Gasteiger partial charge on any atom is -0.277 e. The predicted octanol–water partition coefficient (Wildman–Crippen LogP) is 2.44. The first-order valence-corrected chi connectivity index (χ1v) is 11.6. The molecule has 1 fully saturated rings. The Balaban J connectivity index is 1.68. The molecule has 0 spiro atoms. The van der Waals surface area contributed by atoms with Crippen LogP contribution in [0.5, 0.6) is 0 Å². The van der Waals surface area contributed by atoms with Crippen LogP contribution in [0.3, 0.4) is 0 Å². The lowest BCUT2D eigenvalue weighted by atomic mass is 10.2. The normalized spacial score (nSPS) is 21.1. The summed E-state index contributed by atoms with van der Waals surface area (Å²) in [5.74, 6) is 0. The molecule has 2 unspecified atom stereocenters. The zero-order chi connectivity index (χ0) is 20.5. The third-order valence-corrected chi connectivity index (χ3v) is 7.27. The van der Waals surface area contributed by atoms with E-state index < -0.39 is 32.6 Å². The van der Waals surface area contributed by atoms with E-state index in [9.17, 15) is 16.8 Å². The Morgan fingerprint density at radius 2 is 1.21 bits per heavy atom. The van der Waals surface area contributed by atoms with Gasteiger partial charge in [-0.05, 0) is 45.2 Å². The summed E-state index contributed by atoms with van der Waals surface area (Å²) in [4.78, 5) is 1.75. The molecule has 152 valence electrons. The van der Waals surface area contributed by atoms with E-state index in [1.54, 1.807) is 36.2 Å². The van der Waals surface area contributed by atoms with Crippen molar-refractivity contribution in [1.29, 1.82) is 0 Å². The number of likely N-dealkylation sites (N-methyl/N-ethyl adjacent to an activating group) is 1. The summed E-state index contributed by atoms with van der Waals surface area (Å²) < 4.78 is 60.5. The molecule has 2 atom stereocenters. The Morgan fingerprint density at radius 1 is 0.786 bits per heavy atom. The summed E-state index contributed by atoms with van der Waals surface area (Å²) in [6, 6.07) is 12.7. The van der Waals surface area contributed by atoms with Crippen LogP contribution in [0.1, 0.15) is 17.5 Å². The van der Waals surface area contributed by atoms with E-state index in [0.29, 0.717) is 0 Å². The molecule has 28 heavy (non-hydrogen) atoms. The highest BCUT2D eigenvalue weighted by atomic mass is 32.2. The summed E-state index contributed by atoms with van der Waals surface area (Å²) >= 11 is 0. The van der Waals surface area contributed by atoms with Gasteiger partial charge in [-0.3, -0.25) is 9.08 Å². The van der Waals surface area contributed by atoms with Gasteiger partial charge in [0.25, 0.3) is 20.2 Å². The van der Waals surface area contributed by atoms with Crippen LogP contribution in [0.15, 0.2) is 58.3 Å². The second kappa shape index (κ2) is 7.92. The topological polar surface area (TPSA) is 90.0 Å². The van der Waals surface area contributed by atoms with Crippen molar-refractivity contribution in [2.24, 2.45) is 0 Å². The average molecular weight is 426 g/mol. The van der Waals surface area contributed by atoms with Gasteiger partial charge in [0.15, 0.2) is 0 Å². The van der Waals surface area contributed by atoms with Crippen LogP contribution >= 0.6 is 0 Å². The molecule has 1 heterocycles. The molecule has 0 radical (unpaired) electrons. The summed E-state index contributed by atoms with van der Waals surface area (Å²) in [6.45, 7) is 3.96. The maximum atomic E-state index is 12.5. The first-order valence-electron chi connectivity index (χ1n) is 8.77. The molecular formula is C19H23NO6S2. The van der Waals surface area contributed by atoms with Gasteiger partial charge >= 0.3 is 0 Å². The van der Waals surface area contributed by atoms with Gasteiger partial charge in [-0.25, -0.2) is 4.18 Å². The zero-order valence-corrected chi connectivity index (χ0v) is 17.5. The number of rotatable bonds is 6. The smallest absolute Gasteiger partial charge is 0.277 e. The van der Waals surface area contributed by atoms with Crippen molar-refractivity contribution in [3.05, 3.63) is 59.7 Å². The molecule has 0 aromatic heterocycles. The third kappa shape index (κ3) is 4.79. The summed E-state index contributed by atoms with van der Waals surface area (Å²) in [5.41, 5.74) is 1.88. The molecule has 1 saturated heterocycles. The van der Waals surface area contributed by atoms with Crippen LogP contribution in [0.4, 0.5) is 0 Å². The molecule has 0 bridgehead atoms. The molecule has 0 saturated carbocycles. The number of hydrogen-bond donors (Lipinski definition) is 0. The first kappa shape index (κ1) is 20.9. The van der Waals surface area contributed by atoms with Crippen LogP contribution in [0.2, 0.25) is 0 Å². The van der Waals surface area contributed by atoms with E-state index in [0.717, 1.165) is 11.1 Å². The fourth-order valence-electron chi connectivity index (χ4n) is 2.95. The highest BCUT2D eigenvalue weighted by Gasteiger charge is 2.37. The van der Waals surface area contributed by atoms with Crippen molar-refractivity contribution in [1.82, 2.24) is 4.90 Å². The van der Waals surface area contributed by atoms with E-state index in [1.807, 2.05) is 13.8 Å². The molecule has 1 aliphatic heterocycles. The monoisotopic (exact) mass is 425 g/mol. The van der Waals surface area contributed by atoms with Crippen molar-refractivity contribution in [2.45, 2.75) is 42.4 Å². The summed E-state index contributed by atoms with van der Waals surface area (Å²) in [7, 11) is -6.24. The van der Waals surface area contributed by atoms with E-state index >= 15 is 0 Å². The fourth-order valence-corrected chi connectivity index (χ4v) is 5.12. The van der Waals surface area contributed by atoms with Gasteiger partial charge in [0.1, 0.15) is 6.23 Å². The lowest BCUT2D eigenvalue weighted by Crippen LogP contribution is -2.30. The van der Waals surface area contributed by atoms with Crippen LogP contribution in [-0.4, -0.2) is 47.7 Å².